The highest BCUT2D eigenvalue weighted by atomic mass is 19.1. The van der Waals surface area contributed by atoms with Gasteiger partial charge in [-0.2, -0.15) is 10.1 Å². The number of H-pyrrole nitrogens is 1. The van der Waals surface area contributed by atoms with Gasteiger partial charge < -0.3 is 14.9 Å². The summed E-state index contributed by atoms with van der Waals surface area (Å²) in [5.41, 5.74) is -0.691. The molecule has 1 aliphatic heterocycles. The van der Waals surface area contributed by atoms with Gasteiger partial charge in [0, 0.05) is 17.9 Å². The first-order valence-corrected chi connectivity index (χ1v) is 12.7. The van der Waals surface area contributed by atoms with Gasteiger partial charge in [0.1, 0.15) is 29.9 Å². The molecule has 0 atom stereocenters. The second-order valence-electron chi connectivity index (χ2n) is 9.37. The number of hydrogen-bond acceptors (Lipinski definition) is 10. The summed E-state index contributed by atoms with van der Waals surface area (Å²) >= 11 is 0. The molecule has 220 valence electrons. The van der Waals surface area contributed by atoms with Crippen LogP contribution in [0, 0.1) is 31.3 Å². The van der Waals surface area contributed by atoms with Gasteiger partial charge in [0.15, 0.2) is 0 Å². The Hall–Kier alpha value is -6.00. The van der Waals surface area contributed by atoms with Crippen molar-refractivity contribution in [3.05, 3.63) is 119 Å². The standard InChI is InChI=1S/C26H21FN8O8/c27-21-7-5-16(14-22-18-3-1-2-4-19(18)25(36)29-28-22)13-20(21)26(37)31-9-11-32(12-10-31)30-35(42)43-24-8-6-17(33(38)39)15-23(24)34(40)41/h1-8,13,15H,9-12,14H2,(H,29,36)/b35-30+. The first-order valence-electron chi connectivity index (χ1n) is 12.7. The van der Waals surface area contributed by atoms with E-state index in [-0.39, 0.29) is 48.7 Å². The van der Waals surface area contributed by atoms with Crippen molar-refractivity contribution in [1.29, 1.82) is 0 Å². The van der Waals surface area contributed by atoms with Gasteiger partial charge in [0.05, 0.1) is 50.7 Å². The quantitative estimate of drug-likeness (QED) is 0.180. The third kappa shape index (κ3) is 6.19. The van der Waals surface area contributed by atoms with Gasteiger partial charge in [-0.25, -0.2) is 9.49 Å². The summed E-state index contributed by atoms with van der Waals surface area (Å²) in [6.45, 7) is 0.267. The van der Waals surface area contributed by atoms with E-state index in [1.165, 1.54) is 28.1 Å². The van der Waals surface area contributed by atoms with Gasteiger partial charge in [0.2, 0.25) is 0 Å². The minimum atomic E-state index is -0.936. The average Bonchev–Trinajstić information content (AvgIpc) is 2.99. The lowest BCUT2D eigenvalue weighted by atomic mass is 10.0. The Bertz CT molecular complexity index is 1840. The van der Waals surface area contributed by atoms with Gasteiger partial charge in [-0.15, -0.1) is 0 Å². The van der Waals surface area contributed by atoms with Crippen molar-refractivity contribution in [1.82, 2.24) is 20.1 Å². The number of halogens is 1. The van der Waals surface area contributed by atoms with E-state index in [0.717, 1.165) is 12.1 Å². The smallest absolute Gasteiger partial charge is 0.294 e. The van der Waals surface area contributed by atoms with E-state index >= 15 is 0 Å². The molecular weight excluding hydrogens is 571 g/mol. The van der Waals surface area contributed by atoms with Crippen LogP contribution in [-0.4, -0.2) is 67.1 Å². The van der Waals surface area contributed by atoms with Gasteiger partial charge >= 0.3 is 0 Å². The predicted octanol–water partition coefficient (Wildman–Crippen LogP) is 3.10. The molecule has 5 rings (SSSR count). The molecule has 1 saturated heterocycles. The van der Waals surface area contributed by atoms with Crippen LogP contribution in [-0.2, 0) is 6.42 Å². The number of nitro groups is 2. The molecule has 16 nitrogen and oxygen atoms in total. The maximum absolute atomic E-state index is 14.7. The van der Waals surface area contributed by atoms with E-state index in [0.29, 0.717) is 28.1 Å². The molecule has 43 heavy (non-hydrogen) atoms. The number of nitro benzene ring substituents is 2. The van der Waals surface area contributed by atoms with Crippen molar-refractivity contribution < 1.29 is 28.9 Å². The number of aromatic amines is 1. The summed E-state index contributed by atoms with van der Waals surface area (Å²) in [5, 5.41) is 46.7. The molecule has 4 aromatic rings. The second-order valence-corrected chi connectivity index (χ2v) is 9.37. The highest BCUT2D eigenvalue weighted by Crippen LogP contribution is 2.31. The van der Waals surface area contributed by atoms with E-state index < -0.39 is 38.7 Å². The van der Waals surface area contributed by atoms with Crippen molar-refractivity contribution in [3.63, 3.8) is 0 Å². The molecule has 0 bridgehead atoms. The van der Waals surface area contributed by atoms with Crippen LogP contribution in [0.15, 0.2) is 70.7 Å². The van der Waals surface area contributed by atoms with Crippen molar-refractivity contribution in [2.24, 2.45) is 5.22 Å². The summed E-state index contributed by atoms with van der Waals surface area (Å²) in [4.78, 5) is 51.9. The number of amides is 1. The van der Waals surface area contributed by atoms with E-state index in [1.54, 1.807) is 24.3 Å². The van der Waals surface area contributed by atoms with E-state index in [1.807, 2.05) is 0 Å². The summed E-state index contributed by atoms with van der Waals surface area (Å²) in [7, 11) is 0. The Kier molecular flexibility index (Phi) is 7.86. The fraction of sp³-hybridized carbons (Fsp3) is 0.192. The summed E-state index contributed by atoms with van der Waals surface area (Å²) in [6, 6.07) is 13.6. The Balaban J connectivity index is 1.25. The zero-order valence-corrected chi connectivity index (χ0v) is 22.1. The highest BCUT2D eigenvalue weighted by Gasteiger charge is 2.28. The molecule has 1 N–H and O–H groups in total. The molecule has 1 fully saturated rings. The number of non-ortho nitro benzene ring substituents is 1. The number of nitrogens with one attached hydrogen (secondary N) is 1. The van der Waals surface area contributed by atoms with Crippen molar-refractivity contribution >= 4 is 28.1 Å². The lowest BCUT2D eigenvalue weighted by Crippen LogP contribution is -2.47. The van der Waals surface area contributed by atoms with Crippen molar-refractivity contribution in [2.75, 3.05) is 26.2 Å². The molecule has 0 spiro atoms. The lowest BCUT2D eigenvalue weighted by molar-refractivity contribution is -0.756. The number of hydrogen-bond donors (Lipinski definition) is 1. The van der Waals surface area contributed by atoms with Gasteiger partial charge in [0.25, 0.3) is 22.8 Å². The van der Waals surface area contributed by atoms with Crippen molar-refractivity contribution in [2.45, 2.75) is 6.42 Å². The van der Waals surface area contributed by atoms with E-state index in [9.17, 15) is 39.4 Å². The van der Waals surface area contributed by atoms with Gasteiger partial charge in [-0.1, -0.05) is 24.3 Å². The molecule has 1 aliphatic rings. The van der Waals surface area contributed by atoms with Crippen LogP contribution in [0.3, 0.4) is 0 Å². The predicted molar refractivity (Wildman–Crippen MR) is 145 cm³/mol. The molecule has 1 amide bonds. The molecule has 0 unspecified atom stereocenters. The molecule has 0 radical (unpaired) electrons. The Morgan fingerprint density at radius 3 is 2.40 bits per heavy atom. The number of piperazine rings is 1. The van der Waals surface area contributed by atoms with Crippen LogP contribution in [0.4, 0.5) is 15.8 Å². The largest absolute Gasteiger partial charge is 0.415 e. The topological polar surface area (TPSA) is 203 Å². The third-order valence-corrected chi connectivity index (χ3v) is 6.68. The van der Waals surface area contributed by atoms with E-state index in [2.05, 4.69) is 15.4 Å². The van der Waals surface area contributed by atoms with Gasteiger partial charge in [-0.3, -0.25) is 29.8 Å². The monoisotopic (exact) mass is 592 g/mol. The summed E-state index contributed by atoms with van der Waals surface area (Å²) in [6.07, 6.45) is 0.233. The maximum Gasteiger partial charge on any atom is 0.294 e. The highest BCUT2D eigenvalue weighted by molar-refractivity contribution is 5.95. The first-order chi connectivity index (χ1) is 20.6. The SMILES string of the molecule is O=C(c1cc(Cc2n[nH]c(=O)c3ccccc23)ccc1F)N1CCN(/N=[N+](\[O-])Oc2ccc([N+](=O)[O-])cc2[N+](=O)[O-])CC1. The van der Waals surface area contributed by atoms with Crippen LogP contribution in [0.5, 0.6) is 5.75 Å². The fourth-order valence-electron chi connectivity index (χ4n) is 4.55. The molecule has 1 aromatic heterocycles. The lowest BCUT2D eigenvalue weighted by Gasteiger charge is -2.28. The number of rotatable bonds is 8. The number of fused-ring (bicyclic) bond motifs is 1. The Morgan fingerprint density at radius 2 is 1.70 bits per heavy atom. The van der Waals surface area contributed by atoms with Crippen LogP contribution >= 0.6 is 0 Å². The molecule has 2 heterocycles. The zero-order valence-electron chi connectivity index (χ0n) is 22.1. The molecule has 0 aliphatic carbocycles. The average molecular weight is 593 g/mol. The van der Waals surface area contributed by atoms with Crippen LogP contribution in [0.1, 0.15) is 21.6 Å². The number of carbonyl (C=O) groups is 1. The number of benzene rings is 3. The fourth-order valence-corrected chi connectivity index (χ4v) is 4.55. The molecule has 0 saturated carbocycles. The second kappa shape index (κ2) is 11.9. The number of aromatic nitrogens is 2. The Morgan fingerprint density at radius 1 is 0.977 bits per heavy atom. The number of carbonyl (C=O) groups excluding carboxylic acids is 1. The third-order valence-electron chi connectivity index (χ3n) is 6.68. The molecule has 17 heteroatoms. The van der Waals surface area contributed by atoms with Crippen LogP contribution in [0.2, 0.25) is 0 Å². The van der Waals surface area contributed by atoms with Crippen LogP contribution < -0.4 is 10.4 Å². The normalized spacial score (nSPS) is 13.7. The number of nitrogens with zero attached hydrogens (tertiary/aromatic N) is 7. The first kappa shape index (κ1) is 28.5. The van der Waals surface area contributed by atoms with E-state index in [4.69, 9.17) is 4.84 Å². The van der Waals surface area contributed by atoms with Crippen LogP contribution in [0.25, 0.3) is 10.8 Å². The minimum Gasteiger partial charge on any atom is -0.415 e. The molecule has 3 aromatic carbocycles. The van der Waals surface area contributed by atoms with Gasteiger partial charge in [-0.05, 0) is 29.8 Å². The zero-order chi connectivity index (χ0) is 30.7. The maximum atomic E-state index is 14.7. The summed E-state index contributed by atoms with van der Waals surface area (Å²) < 4.78 is 14.7. The summed E-state index contributed by atoms with van der Waals surface area (Å²) in [5.74, 6) is -1.84. The minimum absolute atomic E-state index is 0.0603. The van der Waals surface area contributed by atoms with Crippen molar-refractivity contribution in [3.8, 4) is 5.75 Å². The molecular formula is C26H21FN8O8. The Labute approximate surface area is 240 Å².